The molecule has 1 amide bonds. The van der Waals surface area contributed by atoms with Crippen molar-refractivity contribution in [2.45, 2.75) is 25.8 Å². The van der Waals surface area contributed by atoms with Crippen LogP contribution in [-0.2, 0) is 9.53 Å². The Hall–Kier alpha value is -1.43. The number of ether oxygens (including phenoxy) is 1. The molecule has 5 nitrogen and oxygen atoms in total. The Morgan fingerprint density at radius 3 is 2.65 bits per heavy atom. The van der Waals surface area contributed by atoms with Crippen LogP contribution in [0, 0.1) is 5.92 Å². The maximum absolute atomic E-state index is 12.2. The van der Waals surface area contributed by atoms with Gasteiger partial charge in [0.2, 0.25) is 5.91 Å². The Kier molecular flexibility index (Phi) is 7.52. The molecule has 1 aliphatic heterocycles. The standard InChI is InChI=1S/C18H29N3O2/c1-15(17(19)16-7-3-2-4-8-16)18(22)20-9-5-6-10-21-11-13-23-14-12-21/h2-4,7-8,15,17H,5-6,9-14,19H2,1H3,(H,20,22). The summed E-state index contributed by atoms with van der Waals surface area (Å²) in [6.45, 7) is 7.41. The number of benzene rings is 1. The number of rotatable bonds is 8. The highest BCUT2D eigenvalue weighted by molar-refractivity contribution is 5.79. The first-order valence-corrected chi connectivity index (χ1v) is 8.57. The van der Waals surface area contributed by atoms with Gasteiger partial charge in [-0.2, -0.15) is 0 Å². The van der Waals surface area contributed by atoms with Gasteiger partial charge in [0.05, 0.1) is 19.1 Å². The summed E-state index contributed by atoms with van der Waals surface area (Å²) in [7, 11) is 0. The van der Waals surface area contributed by atoms with Gasteiger partial charge in [-0.1, -0.05) is 37.3 Å². The lowest BCUT2D eigenvalue weighted by Gasteiger charge is -2.26. The molecular formula is C18H29N3O2. The average molecular weight is 319 g/mol. The Morgan fingerprint density at radius 1 is 1.26 bits per heavy atom. The maximum Gasteiger partial charge on any atom is 0.224 e. The van der Waals surface area contributed by atoms with Crippen molar-refractivity contribution in [3.8, 4) is 0 Å². The number of nitrogens with one attached hydrogen (secondary N) is 1. The number of carbonyl (C=O) groups is 1. The third-order valence-corrected chi connectivity index (χ3v) is 4.44. The molecule has 2 atom stereocenters. The van der Waals surface area contributed by atoms with Gasteiger partial charge in [-0.25, -0.2) is 0 Å². The van der Waals surface area contributed by atoms with Crippen molar-refractivity contribution in [3.05, 3.63) is 35.9 Å². The van der Waals surface area contributed by atoms with Crippen molar-refractivity contribution in [2.75, 3.05) is 39.4 Å². The van der Waals surface area contributed by atoms with Gasteiger partial charge in [0.1, 0.15) is 0 Å². The van der Waals surface area contributed by atoms with Crippen LogP contribution in [0.15, 0.2) is 30.3 Å². The van der Waals surface area contributed by atoms with Crippen molar-refractivity contribution in [2.24, 2.45) is 11.7 Å². The molecule has 1 aromatic carbocycles. The lowest BCUT2D eigenvalue weighted by atomic mass is 9.94. The Morgan fingerprint density at radius 2 is 1.96 bits per heavy atom. The minimum absolute atomic E-state index is 0.0349. The molecule has 128 valence electrons. The number of nitrogens with zero attached hydrogens (tertiary/aromatic N) is 1. The monoisotopic (exact) mass is 319 g/mol. The van der Waals surface area contributed by atoms with E-state index in [0.717, 1.165) is 57.8 Å². The van der Waals surface area contributed by atoms with Gasteiger partial charge in [-0.05, 0) is 24.9 Å². The summed E-state index contributed by atoms with van der Waals surface area (Å²) in [6, 6.07) is 9.53. The Labute approximate surface area is 139 Å². The third-order valence-electron chi connectivity index (χ3n) is 4.44. The van der Waals surface area contributed by atoms with Crippen molar-refractivity contribution >= 4 is 5.91 Å². The molecule has 1 heterocycles. The molecule has 2 rings (SSSR count). The zero-order valence-electron chi connectivity index (χ0n) is 14.0. The van der Waals surface area contributed by atoms with Crippen molar-refractivity contribution in [1.82, 2.24) is 10.2 Å². The molecule has 1 saturated heterocycles. The van der Waals surface area contributed by atoms with Gasteiger partial charge >= 0.3 is 0 Å². The van der Waals surface area contributed by atoms with Crippen LogP contribution in [0.3, 0.4) is 0 Å². The van der Waals surface area contributed by atoms with E-state index in [4.69, 9.17) is 10.5 Å². The summed E-state index contributed by atoms with van der Waals surface area (Å²) in [6.07, 6.45) is 2.09. The van der Waals surface area contributed by atoms with Crippen molar-refractivity contribution < 1.29 is 9.53 Å². The van der Waals surface area contributed by atoms with Crippen LogP contribution in [-0.4, -0.2) is 50.2 Å². The van der Waals surface area contributed by atoms with Crippen LogP contribution in [0.4, 0.5) is 0 Å². The van der Waals surface area contributed by atoms with E-state index >= 15 is 0 Å². The third kappa shape index (κ3) is 5.94. The Balaban J connectivity index is 1.62. The quantitative estimate of drug-likeness (QED) is 0.714. The van der Waals surface area contributed by atoms with Crippen molar-refractivity contribution in [3.63, 3.8) is 0 Å². The van der Waals surface area contributed by atoms with Gasteiger partial charge in [0.25, 0.3) is 0 Å². The lowest BCUT2D eigenvalue weighted by molar-refractivity contribution is -0.125. The molecule has 5 heteroatoms. The van der Waals surface area contributed by atoms with Gasteiger partial charge in [0, 0.05) is 25.7 Å². The van der Waals surface area contributed by atoms with E-state index in [1.54, 1.807) is 0 Å². The van der Waals surface area contributed by atoms with E-state index in [9.17, 15) is 4.79 Å². The second-order valence-corrected chi connectivity index (χ2v) is 6.18. The highest BCUT2D eigenvalue weighted by atomic mass is 16.5. The summed E-state index contributed by atoms with van der Waals surface area (Å²) in [5.41, 5.74) is 7.19. The van der Waals surface area contributed by atoms with E-state index in [2.05, 4.69) is 10.2 Å². The first-order chi connectivity index (χ1) is 11.2. The Bertz CT molecular complexity index is 461. The van der Waals surface area contributed by atoms with E-state index in [1.165, 1.54) is 0 Å². The summed E-state index contributed by atoms with van der Waals surface area (Å²) >= 11 is 0. The molecule has 2 unspecified atom stereocenters. The van der Waals surface area contributed by atoms with Crippen LogP contribution < -0.4 is 11.1 Å². The topological polar surface area (TPSA) is 67.6 Å². The lowest BCUT2D eigenvalue weighted by Crippen LogP contribution is -2.38. The maximum atomic E-state index is 12.2. The van der Waals surface area contributed by atoms with Gasteiger partial charge in [0.15, 0.2) is 0 Å². The summed E-state index contributed by atoms with van der Waals surface area (Å²) in [4.78, 5) is 14.6. The van der Waals surface area contributed by atoms with Crippen LogP contribution in [0.2, 0.25) is 0 Å². The zero-order chi connectivity index (χ0) is 16.5. The summed E-state index contributed by atoms with van der Waals surface area (Å²) in [5.74, 6) is -0.190. The molecule has 0 radical (unpaired) electrons. The normalized spacial score (nSPS) is 18.3. The molecule has 1 aromatic rings. The molecular weight excluding hydrogens is 290 g/mol. The second-order valence-electron chi connectivity index (χ2n) is 6.18. The number of nitrogens with two attached hydrogens (primary N) is 1. The molecule has 0 saturated carbocycles. The minimum atomic E-state index is -0.260. The molecule has 1 aliphatic rings. The van der Waals surface area contributed by atoms with Gasteiger partial charge < -0.3 is 15.8 Å². The smallest absolute Gasteiger partial charge is 0.224 e. The molecule has 0 aliphatic carbocycles. The average Bonchev–Trinajstić information content (AvgIpc) is 2.61. The highest BCUT2D eigenvalue weighted by Crippen LogP contribution is 2.18. The van der Waals surface area contributed by atoms with Crippen molar-refractivity contribution in [1.29, 1.82) is 0 Å². The van der Waals surface area contributed by atoms with Crippen LogP contribution in [0.25, 0.3) is 0 Å². The van der Waals surface area contributed by atoms with Gasteiger partial charge in [-0.3, -0.25) is 9.69 Å². The molecule has 0 bridgehead atoms. The molecule has 3 N–H and O–H groups in total. The van der Waals surface area contributed by atoms with E-state index < -0.39 is 0 Å². The first kappa shape index (κ1) is 17.9. The number of morpholine rings is 1. The fourth-order valence-electron chi connectivity index (χ4n) is 2.78. The van der Waals surface area contributed by atoms with Gasteiger partial charge in [-0.15, -0.1) is 0 Å². The molecule has 0 spiro atoms. The predicted octanol–water partition coefficient (Wildman–Crippen LogP) is 1.55. The predicted molar refractivity (Wildman–Crippen MR) is 92.0 cm³/mol. The van der Waals surface area contributed by atoms with E-state index in [-0.39, 0.29) is 17.9 Å². The highest BCUT2D eigenvalue weighted by Gasteiger charge is 2.21. The van der Waals surface area contributed by atoms with Crippen LogP contribution in [0.1, 0.15) is 31.4 Å². The summed E-state index contributed by atoms with van der Waals surface area (Å²) < 4.78 is 5.33. The SMILES string of the molecule is CC(C(=O)NCCCCN1CCOCC1)C(N)c1ccccc1. The fraction of sp³-hybridized carbons (Fsp3) is 0.611. The van der Waals surface area contributed by atoms with Crippen LogP contribution in [0.5, 0.6) is 0 Å². The first-order valence-electron chi connectivity index (χ1n) is 8.57. The zero-order valence-corrected chi connectivity index (χ0v) is 14.0. The molecule has 1 fully saturated rings. The van der Waals surface area contributed by atoms with E-state index in [1.807, 2.05) is 37.3 Å². The summed E-state index contributed by atoms with van der Waals surface area (Å²) in [5, 5.41) is 3.01. The number of unbranched alkanes of at least 4 members (excludes halogenated alkanes) is 1. The number of hydrogen-bond acceptors (Lipinski definition) is 4. The second kappa shape index (κ2) is 9.65. The number of carbonyl (C=O) groups excluding carboxylic acids is 1. The fourth-order valence-corrected chi connectivity index (χ4v) is 2.78. The molecule has 23 heavy (non-hydrogen) atoms. The number of hydrogen-bond donors (Lipinski definition) is 2. The molecule has 0 aromatic heterocycles. The van der Waals surface area contributed by atoms with E-state index in [0.29, 0.717) is 0 Å². The number of amides is 1. The minimum Gasteiger partial charge on any atom is -0.379 e. The van der Waals surface area contributed by atoms with Crippen LogP contribution >= 0.6 is 0 Å². The largest absolute Gasteiger partial charge is 0.379 e.